The number of fused-ring (bicyclic) bond motifs is 1. The first-order chi connectivity index (χ1) is 32.1. The van der Waals surface area contributed by atoms with Gasteiger partial charge >= 0.3 is 23.8 Å². The Kier molecular flexibility index (Phi) is 18.1. The zero-order chi connectivity index (χ0) is 51.6. The summed E-state index contributed by atoms with van der Waals surface area (Å²) in [6.45, 7) is 6.52. The maximum atomic E-state index is 13.5. The average molecular weight is 1010 g/mol. The number of nitrogens with zero attached hydrogens (tertiary/aromatic N) is 6. The number of halogens is 5. The maximum Gasteiger partial charge on any atom is 0.431 e. The molecule has 6 rings (SSSR count). The summed E-state index contributed by atoms with van der Waals surface area (Å²) in [6.07, 6.45) is -3.43. The number of anilines is 1. The number of carboxylic acids is 1. The van der Waals surface area contributed by atoms with Gasteiger partial charge in [0, 0.05) is 43.4 Å². The van der Waals surface area contributed by atoms with Crippen LogP contribution in [0, 0.1) is 18.6 Å². The number of rotatable bonds is 15. The minimum Gasteiger partial charge on any atom is -0.489 e. The van der Waals surface area contributed by atoms with Gasteiger partial charge in [0.25, 0.3) is 26.5 Å². The lowest BCUT2D eigenvalue weighted by atomic mass is 10.1. The van der Waals surface area contributed by atoms with E-state index in [4.69, 9.17) is 29.9 Å². The molecule has 3 heterocycles. The zero-order valence-corrected chi connectivity index (χ0v) is 39.2. The molecule has 27 heteroatoms. The molecule has 6 aromatic rings. The van der Waals surface area contributed by atoms with Crippen molar-refractivity contribution in [1.29, 1.82) is 0 Å². The topological polar surface area (TPSA) is 279 Å². The molecule has 0 bridgehead atoms. The number of carbonyl (C=O) groups excluding carboxylic acids is 1. The lowest BCUT2D eigenvalue weighted by Gasteiger charge is -2.17. The number of nitrogens with two attached hydrogens (primary N) is 1. The molecular formula is C42H46F5N8O12PS. The van der Waals surface area contributed by atoms with Gasteiger partial charge in [0.2, 0.25) is 0 Å². The number of sulfonamides is 1. The fourth-order valence-electron chi connectivity index (χ4n) is 5.68. The second-order valence-corrected chi connectivity index (χ2v) is 18.9. The normalized spacial score (nSPS) is 13.1. The molecular weight excluding hydrogens is 967 g/mol. The number of para-hydroxylation sites is 1. The van der Waals surface area contributed by atoms with Crippen LogP contribution in [-0.4, -0.2) is 91.2 Å². The van der Waals surface area contributed by atoms with E-state index in [0.29, 0.717) is 38.0 Å². The second-order valence-electron chi connectivity index (χ2n) is 14.8. The van der Waals surface area contributed by atoms with Gasteiger partial charge in [0.15, 0.2) is 13.5 Å². The summed E-state index contributed by atoms with van der Waals surface area (Å²) in [7, 11) is -5.23. The van der Waals surface area contributed by atoms with Crippen LogP contribution in [-0.2, 0) is 55.2 Å². The van der Waals surface area contributed by atoms with Gasteiger partial charge in [-0.15, -0.1) is 5.10 Å². The number of hydrogen-bond acceptors (Lipinski definition) is 14. The molecule has 0 aliphatic carbocycles. The number of methoxy groups -OCH3 is 1. The van der Waals surface area contributed by atoms with Crippen LogP contribution in [0.15, 0.2) is 93.7 Å². The van der Waals surface area contributed by atoms with Crippen molar-refractivity contribution in [2.45, 2.75) is 63.7 Å². The molecule has 3 unspecified atom stereocenters. The Morgan fingerprint density at radius 1 is 1.00 bits per heavy atom. The van der Waals surface area contributed by atoms with Crippen molar-refractivity contribution in [3.8, 4) is 17.2 Å². The highest BCUT2D eigenvalue weighted by molar-refractivity contribution is 7.92. The van der Waals surface area contributed by atoms with E-state index in [9.17, 15) is 54.1 Å². The summed E-state index contributed by atoms with van der Waals surface area (Å²) < 4.78 is 121. The van der Waals surface area contributed by atoms with Crippen LogP contribution in [0.5, 0.6) is 11.5 Å². The monoisotopic (exact) mass is 1010 g/mol. The quantitative estimate of drug-likeness (QED) is 0.0609. The van der Waals surface area contributed by atoms with Crippen molar-refractivity contribution < 1.29 is 68.7 Å². The number of carboxylic acid groups (broad SMARTS) is 1. The van der Waals surface area contributed by atoms with Gasteiger partial charge in [0.05, 0.1) is 12.8 Å². The van der Waals surface area contributed by atoms with E-state index in [1.165, 1.54) is 44.2 Å². The molecule has 0 spiro atoms. The lowest BCUT2D eigenvalue weighted by molar-refractivity contribution is -0.148. The highest BCUT2D eigenvalue weighted by Crippen LogP contribution is 2.36. The van der Waals surface area contributed by atoms with Gasteiger partial charge in [-0.2, -0.15) is 26.6 Å². The number of alkyl halides is 3. The largest absolute Gasteiger partial charge is 0.489 e. The molecule has 5 N–H and O–H groups in total. The van der Waals surface area contributed by atoms with Crippen LogP contribution in [0.25, 0.3) is 11.5 Å². The molecule has 372 valence electrons. The third-order valence-electron chi connectivity index (χ3n) is 9.42. The number of nitrogens with one attached hydrogen (secondary N) is 1. The van der Waals surface area contributed by atoms with Crippen LogP contribution in [0.3, 0.4) is 0 Å². The van der Waals surface area contributed by atoms with Crippen LogP contribution in [0.4, 0.5) is 27.6 Å². The van der Waals surface area contributed by atoms with Gasteiger partial charge in [-0.05, 0) is 80.8 Å². The predicted octanol–water partition coefficient (Wildman–Crippen LogP) is 4.84. The highest BCUT2D eigenvalue weighted by atomic mass is 32.2. The predicted molar refractivity (Wildman–Crippen MR) is 238 cm³/mol. The number of ether oxygens (including phenoxy) is 3. The molecule has 69 heavy (non-hydrogen) atoms. The van der Waals surface area contributed by atoms with E-state index in [0.717, 1.165) is 41.7 Å². The summed E-state index contributed by atoms with van der Waals surface area (Å²) in [5.74, 6) is -2.84. The third-order valence-corrected chi connectivity index (χ3v) is 11.6. The smallest absolute Gasteiger partial charge is 0.431 e. The first kappa shape index (κ1) is 54.6. The molecule has 0 saturated heterocycles. The number of aryl methyl sites for hydroxylation is 2. The molecule has 20 nitrogen and oxygen atoms in total. The standard InChI is InChI=1S/C25H25F3N2O6.C12H9F2N5O2S.C5H12NO4P/c1-5-16-6-7-17(20(12-16)36-15(2)23(32)34-4)14-35-19-10-8-18(9-11-19)30-22(31)13-21(25(26,27)28)29(3)24(30)33;1-7-5-6-19-11(15-7)16-12(17-19)22(20,21)18-10-8(13)3-2-4-9(10)14;1-11(9,10)3-2-4(6)5(7)8/h6-13,15H,5,14H2,1-4H3;2-6,18H,1H3;4H,2-3,6H2,1H3,(H,7,8)(H,9,10). The van der Waals surface area contributed by atoms with E-state index in [1.807, 2.05) is 25.1 Å². The number of carbonyl (C=O) groups is 2. The summed E-state index contributed by atoms with van der Waals surface area (Å²) in [6, 6.07) is 15.2. The van der Waals surface area contributed by atoms with Gasteiger partial charge in [-0.3, -0.25) is 23.4 Å². The Balaban J connectivity index is 0.000000264. The summed E-state index contributed by atoms with van der Waals surface area (Å²) in [4.78, 5) is 63.1. The van der Waals surface area contributed by atoms with Gasteiger partial charge in [-0.1, -0.05) is 25.1 Å². The van der Waals surface area contributed by atoms with Crippen molar-refractivity contribution in [3.63, 3.8) is 0 Å². The van der Waals surface area contributed by atoms with E-state index in [2.05, 4.69) is 15.1 Å². The Hall–Kier alpha value is -7.02. The highest BCUT2D eigenvalue weighted by Gasteiger charge is 2.35. The Morgan fingerprint density at radius 3 is 2.20 bits per heavy atom. The maximum absolute atomic E-state index is 13.5. The molecule has 0 radical (unpaired) electrons. The van der Waals surface area contributed by atoms with E-state index < -0.39 is 87.1 Å². The Labute approximate surface area is 389 Å². The Morgan fingerprint density at radius 2 is 1.64 bits per heavy atom. The summed E-state index contributed by atoms with van der Waals surface area (Å²) in [5, 5.41) is 11.4. The molecule has 0 aliphatic heterocycles. The first-order valence-corrected chi connectivity index (χ1v) is 23.9. The molecule has 0 fully saturated rings. The van der Waals surface area contributed by atoms with Crippen molar-refractivity contribution in [2.75, 3.05) is 24.7 Å². The fraction of sp³-hybridized carbons (Fsp3) is 0.310. The van der Waals surface area contributed by atoms with Crippen LogP contribution in [0.1, 0.15) is 42.8 Å². The second kappa shape index (κ2) is 22.9. The van der Waals surface area contributed by atoms with Crippen molar-refractivity contribution >= 4 is 40.8 Å². The van der Waals surface area contributed by atoms with Crippen molar-refractivity contribution in [1.82, 2.24) is 28.7 Å². The first-order valence-electron chi connectivity index (χ1n) is 20.1. The lowest BCUT2D eigenvalue weighted by Crippen LogP contribution is -2.40. The minimum atomic E-state index is -4.84. The fourth-order valence-corrected chi connectivity index (χ4v) is 7.39. The summed E-state index contributed by atoms with van der Waals surface area (Å²) >= 11 is 0. The number of aliphatic carboxylic acids is 1. The van der Waals surface area contributed by atoms with Crippen molar-refractivity contribution in [3.05, 3.63) is 134 Å². The molecule has 0 aliphatic rings. The van der Waals surface area contributed by atoms with Crippen LogP contribution in [0.2, 0.25) is 0 Å². The van der Waals surface area contributed by atoms with Crippen LogP contribution >= 0.6 is 7.37 Å². The SMILES string of the molecule is CCc1ccc(COc2ccc(-n3c(=O)cc(C(F)(F)F)n(C)c3=O)cc2)c(OC(C)C(=O)OC)c1.CP(=O)(O)CCC(N)C(=O)O.Cc1ccn2nc(S(=O)(=O)Nc3c(F)cccc3F)nc2n1. The molecule has 3 atom stereocenters. The van der Waals surface area contributed by atoms with Gasteiger partial charge in [0.1, 0.15) is 47.2 Å². The average Bonchev–Trinajstić information content (AvgIpc) is 3.72. The Bertz CT molecular complexity index is 3070. The molecule has 3 aromatic carbocycles. The molecule has 0 amide bonds. The number of aromatic nitrogens is 6. The van der Waals surface area contributed by atoms with E-state index in [1.54, 1.807) is 24.6 Å². The molecule has 3 aromatic heterocycles. The number of benzene rings is 3. The molecule has 0 saturated carbocycles. The minimum absolute atomic E-state index is 0.0412. The zero-order valence-electron chi connectivity index (χ0n) is 37.5. The van der Waals surface area contributed by atoms with Gasteiger partial charge < -0.3 is 29.9 Å². The third kappa shape index (κ3) is 15.0. The number of esters is 1. The number of hydrogen-bond donors (Lipinski definition) is 4. The van der Waals surface area contributed by atoms with Crippen LogP contribution < -0.4 is 31.2 Å². The van der Waals surface area contributed by atoms with E-state index in [-0.39, 0.29) is 30.7 Å². The summed E-state index contributed by atoms with van der Waals surface area (Å²) in [5.41, 5.74) is 3.13. The van der Waals surface area contributed by atoms with Gasteiger partial charge in [-0.25, -0.2) is 32.4 Å². The van der Waals surface area contributed by atoms with E-state index >= 15 is 0 Å². The van der Waals surface area contributed by atoms with Crippen molar-refractivity contribution in [2.24, 2.45) is 12.8 Å².